The van der Waals surface area contributed by atoms with Crippen molar-refractivity contribution in [2.45, 2.75) is 20.3 Å². The van der Waals surface area contributed by atoms with Gasteiger partial charge in [0.15, 0.2) is 6.61 Å². The number of fused-ring (bicyclic) bond motifs is 1. The summed E-state index contributed by atoms with van der Waals surface area (Å²) in [6.07, 6.45) is 1.37. The van der Waals surface area contributed by atoms with E-state index in [0.29, 0.717) is 28.3 Å². The van der Waals surface area contributed by atoms with E-state index in [0.717, 1.165) is 5.69 Å². The third kappa shape index (κ3) is 4.07. The summed E-state index contributed by atoms with van der Waals surface area (Å²) in [5.41, 5.74) is 3.09. The summed E-state index contributed by atoms with van der Waals surface area (Å²) in [5.74, 6) is -0.548. The lowest BCUT2D eigenvalue weighted by atomic mass is 10.1. The standard InChI is InChI=1S/C18H16N6O3/c1-11-15(12(2)24-18(22-11)20-10-21-24)7-17(26)27-9-16(25)23-14-5-3-13(8-19)4-6-14/h3-6,10H,7,9H2,1-2H3,(H,23,25). The SMILES string of the molecule is Cc1nc2ncnn2c(C)c1CC(=O)OCC(=O)Nc1ccc(C#N)cc1. The zero-order chi connectivity index (χ0) is 19.4. The fraction of sp³-hybridized carbons (Fsp3) is 0.222. The maximum Gasteiger partial charge on any atom is 0.310 e. The third-order valence-electron chi connectivity index (χ3n) is 3.97. The number of aryl methyl sites for hydroxylation is 2. The number of amides is 1. The Bertz CT molecular complexity index is 1050. The van der Waals surface area contributed by atoms with Gasteiger partial charge >= 0.3 is 5.97 Å². The van der Waals surface area contributed by atoms with Gasteiger partial charge in [-0.3, -0.25) is 9.59 Å². The van der Waals surface area contributed by atoms with E-state index in [9.17, 15) is 9.59 Å². The molecule has 1 N–H and O–H groups in total. The number of hydrogen-bond donors (Lipinski definition) is 1. The molecule has 0 fully saturated rings. The van der Waals surface area contributed by atoms with Crippen LogP contribution in [0, 0.1) is 25.2 Å². The van der Waals surface area contributed by atoms with Crippen LogP contribution in [0.1, 0.15) is 22.5 Å². The lowest BCUT2D eigenvalue weighted by Crippen LogP contribution is -2.22. The molecular weight excluding hydrogens is 348 g/mol. The highest BCUT2D eigenvalue weighted by Crippen LogP contribution is 2.14. The van der Waals surface area contributed by atoms with Gasteiger partial charge in [-0.2, -0.15) is 15.3 Å². The number of aromatic nitrogens is 4. The molecule has 3 aromatic rings. The predicted octanol–water partition coefficient (Wildman–Crippen LogP) is 1.34. The molecular formula is C18H16N6O3. The van der Waals surface area contributed by atoms with Crippen LogP contribution in [0.15, 0.2) is 30.6 Å². The van der Waals surface area contributed by atoms with Gasteiger partial charge in [0.2, 0.25) is 0 Å². The lowest BCUT2D eigenvalue weighted by Gasteiger charge is -2.10. The Morgan fingerprint density at radius 1 is 1.26 bits per heavy atom. The molecule has 2 aromatic heterocycles. The Kier molecular flexibility index (Phi) is 5.08. The van der Waals surface area contributed by atoms with Crippen molar-refractivity contribution in [3.8, 4) is 6.07 Å². The Balaban J connectivity index is 1.58. The van der Waals surface area contributed by atoms with E-state index in [2.05, 4.69) is 20.4 Å². The van der Waals surface area contributed by atoms with E-state index in [1.807, 2.05) is 13.0 Å². The van der Waals surface area contributed by atoms with Gasteiger partial charge in [-0.15, -0.1) is 0 Å². The average molecular weight is 364 g/mol. The molecule has 0 atom stereocenters. The van der Waals surface area contributed by atoms with E-state index in [4.69, 9.17) is 10.00 Å². The van der Waals surface area contributed by atoms with Crippen molar-refractivity contribution in [1.82, 2.24) is 19.6 Å². The molecule has 0 aliphatic carbocycles. The highest BCUT2D eigenvalue weighted by Gasteiger charge is 2.16. The quantitative estimate of drug-likeness (QED) is 0.678. The molecule has 0 unspecified atom stereocenters. The Labute approximate surface area is 154 Å². The Hall–Kier alpha value is -3.80. The van der Waals surface area contributed by atoms with Gasteiger partial charge in [0.05, 0.1) is 18.1 Å². The molecule has 0 aliphatic rings. The zero-order valence-electron chi connectivity index (χ0n) is 14.8. The third-order valence-corrected chi connectivity index (χ3v) is 3.97. The first-order chi connectivity index (χ1) is 13.0. The largest absolute Gasteiger partial charge is 0.455 e. The monoisotopic (exact) mass is 364 g/mol. The summed E-state index contributed by atoms with van der Waals surface area (Å²) in [6.45, 7) is 3.19. The molecule has 0 saturated carbocycles. The molecule has 0 saturated heterocycles. The predicted molar refractivity (Wildman–Crippen MR) is 94.7 cm³/mol. The number of anilines is 1. The molecule has 0 aliphatic heterocycles. The van der Waals surface area contributed by atoms with Crippen molar-refractivity contribution < 1.29 is 14.3 Å². The molecule has 27 heavy (non-hydrogen) atoms. The lowest BCUT2D eigenvalue weighted by molar-refractivity contribution is -0.146. The number of carbonyl (C=O) groups excluding carboxylic acids is 2. The van der Waals surface area contributed by atoms with Crippen molar-refractivity contribution in [2.24, 2.45) is 0 Å². The Morgan fingerprint density at radius 3 is 2.70 bits per heavy atom. The van der Waals surface area contributed by atoms with Crippen molar-refractivity contribution in [1.29, 1.82) is 5.26 Å². The van der Waals surface area contributed by atoms with Crippen LogP contribution in [0.25, 0.3) is 5.78 Å². The van der Waals surface area contributed by atoms with E-state index < -0.39 is 18.5 Å². The van der Waals surface area contributed by atoms with Gasteiger partial charge in [0.25, 0.3) is 11.7 Å². The van der Waals surface area contributed by atoms with Crippen LogP contribution in [0.3, 0.4) is 0 Å². The first-order valence-electron chi connectivity index (χ1n) is 8.09. The van der Waals surface area contributed by atoms with Crippen LogP contribution in [0.4, 0.5) is 5.69 Å². The van der Waals surface area contributed by atoms with Crippen LogP contribution < -0.4 is 5.32 Å². The molecule has 0 radical (unpaired) electrons. The fourth-order valence-electron chi connectivity index (χ4n) is 2.58. The summed E-state index contributed by atoms with van der Waals surface area (Å²) in [7, 11) is 0. The van der Waals surface area contributed by atoms with Gasteiger partial charge in [0.1, 0.15) is 6.33 Å². The van der Waals surface area contributed by atoms with E-state index >= 15 is 0 Å². The number of hydrogen-bond acceptors (Lipinski definition) is 7. The van der Waals surface area contributed by atoms with Crippen LogP contribution in [0.5, 0.6) is 0 Å². The molecule has 0 spiro atoms. The van der Waals surface area contributed by atoms with Crippen molar-refractivity contribution in [3.05, 3.63) is 53.1 Å². The fourth-order valence-corrected chi connectivity index (χ4v) is 2.58. The van der Waals surface area contributed by atoms with E-state index in [1.54, 1.807) is 35.7 Å². The number of benzene rings is 1. The maximum absolute atomic E-state index is 12.1. The molecule has 2 heterocycles. The average Bonchev–Trinajstić information content (AvgIpc) is 3.12. The first-order valence-corrected chi connectivity index (χ1v) is 8.09. The topological polar surface area (TPSA) is 122 Å². The second-order valence-corrected chi connectivity index (χ2v) is 5.81. The summed E-state index contributed by atoms with van der Waals surface area (Å²) in [4.78, 5) is 32.3. The summed E-state index contributed by atoms with van der Waals surface area (Å²) in [6, 6.07) is 8.36. The number of carbonyl (C=O) groups is 2. The van der Waals surface area contributed by atoms with Gasteiger partial charge < -0.3 is 10.1 Å². The molecule has 1 aromatic carbocycles. The summed E-state index contributed by atoms with van der Waals surface area (Å²) >= 11 is 0. The minimum absolute atomic E-state index is 0.0232. The van der Waals surface area contributed by atoms with Gasteiger partial charge in [0, 0.05) is 22.6 Å². The normalized spacial score (nSPS) is 10.4. The van der Waals surface area contributed by atoms with Gasteiger partial charge in [-0.1, -0.05) is 0 Å². The number of esters is 1. The minimum atomic E-state index is -0.544. The summed E-state index contributed by atoms with van der Waals surface area (Å²) in [5, 5.41) is 15.4. The van der Waals surface area contributed by atoms with E-state index in [-0.39, 0.29) is 6.42 Å². The summed E-state index contributed by atoms with van der Waals surface area (Å²) < 4.78 is 6.60. The molecule has 3 rings (SSSR count). The van der Waals surface area contributed by atoms with Crippen LogP contribution in [0.2, 0.25) is 0 Å². The highest BCUT2D eigenvalue weighted by molar-refractivity contribution is 5.92. The van der Waals surface area contributed by atoms with Crippen molar-refractivity contribution in [2.75, 3.05) is 11.9 Å². The van der Waals surface area contributed by atoms with Gasteiger partial charge in [-0.05, 0) is 38.1 Å². The molecule has 1 amide bonds. The first kappa shape index (κ1) is 18.0. The number of rotatable bonds is 5. The second kappa shape index (κ2) is 7.61. The van der Waals surface area contributed by atoms with Gasteiger partial charge in [-0.25, -0.2) is 9.50 Å². The smallest absolute Gasteiger partial charge is 0.310 e. The number of ether oxygens (including phenoxy) is 1. The van der Waals surface area contributed by atoms with Crippen LogP contribution in [-0.4, -0.2) is 38.1 Å². The molecule has 9 heteroatoms. The highest BCUT2D eigenvalue weighted by atomic mass is 16.5. The zero-order valence-corrected chi connectivity index (χ0v) is 14.8. The maximum atomic E-state index is 12.1. The molecule has 0 bridgehead atoms. The minimum Gasteiger partial charge on any atom is -0.455 e. The number of nitrogens with one attached hydrogen (secondary N) is 1. The van der Waals surface area contributed by atoms with E-state index in [1.165, 1.54) is 6.33 Å². The molecule has 136 valence electrons. The van der Waals surface area contributed by atoms with Crippen molar-refractivity contribution in [3.63, 3.8) is 0 Å². The van der Waals surface area contributed by atoms with Crippen LogP contribution in [-0.2, 0) is 20.7 Å². The number of nitriles is 1. The van der Waals surface area contributed by atoms with Crippen molar-refractivity contribution >= 4 is 23.3 Å². The molecule has 9 nitrogen and oxygen atoms in total. The second-order valence-electron chi connectivity index (χ2n) is 5.81. The van der Waals surface area contributed by atoms with Crippen LogP contribution >= 0.6 is 0 Å². The Morgan fingerprint density at radius 2 is 2.00 bits per heavy atom. The number of nitrogens with zero attached hydrogens (tertiary/aromatic N) is 5.